The molecule has 1 unspecified atom stereocenters. The summed E-state index contributed by atoms with van der Waals surface area (Å²) in [7, 11) is 0. The third-order valence-electron chi connectivity index (χ3n) is 12.4. The molecule has 20 N–H and O–H groups in total. The van der Waals surface area contributed by atoms with Gasteiger partial charge in [-0.15, -0.1) is 0 Å². The molecule has 6 heterocycles. The molecule has 6 aliphatic heterocycles. The molecule has 0 saturated carbocycles. The molecule has 6 rings (SSSR count). The van der Waals surface area contributed by atoms with Crippen LogP contribution >= 0.6 is 0 Å². The van der Waals surface area contributed by atoms with E-state index in [-0.39, 0.29) is 0 Å². The molecule has 392 valence electrons. The Kier molecular flexibility index (Phi) is 19.4. The third kappa shape index (κ3) is 11.2. The van der Waals surface area contributed by atoms with E-state index in [0.717, 1.165) is 0 Å². The summed E-state index contributed by atoms with van der Waals surface area (Å²) in [6.07, 6.45) is -57.1. The highest BCUT2D eigenvalue weighted by atomic mass is 16.8. The maximum Gasteiger partial charge on any atom is 0.187 e. The van der Waals surface area contributed by atoms with Gasteiger partial charge in [0.25, 0.3) is 0 Å². The number of hydrogen-bond acceptors (Lipinski definition) is 31. The van der Waals surface area contributed by atoms with Crippen molar-refractivity contribution in [2.45, 2.75) is 184 Å². The maximum absolute atomic E-state index is 11.4. The van der Waals surface area contributed by atoms with Gasteiger partial charge in [-0.2, -0.15) is 0 Å². The van der Waals surface area contributed by atoms with Crippen molar-refractivity contribution in [2.75, 3.05) is 39.6 Å². The Morgan fingerprint density at radius 2 is 0.478 bits per heavy atom. The molecule has 67 heavy (non-hydrogen) atoms. The van der Waals surface area contributed by atoms with Gasteiger partial charge in [0, 0.05) is 0 Å². The summed E-state index contributed by atoms with van der Waals surface area (Å²) in [6.45, 7) is -5.69. The predicted molar refractivity (Wildman–Crippen MR) is 199 cm³/mol. The lowest BCUT2D eigenvalue weighted by Gasteiger charge is -2.50. The van der Waals surface area contributed by atoms with Crippen LogP contribution in [0.25, 0.3) is 0 Å². The van der Waals surface area contributed by atoms with Crippen molar-refractivity contribution >= 4 is 0 Å². The van der Waals surface area contributed by atoms with E-state index in [2.05, 4.69) is 0 Å². The van der Waals surface area contributed by atoms with Crippen LogP contribution < -0.4 is 0 Å². The average molecular weight is 991 g/mol. The minimum Gasteiger partial charge on any atom is -0.394 e. The van der Waals surface area contributed by atoms with Crippen LogP contribution in [0.2, 0.25) is 0 Å². The Hall–Kier alpha value is -1.24. The molecule has 0 aliphatic carbocycles. The first-order valence-corrected chi connectivity index (χ1v) is 21.1. The van der Waals surface area contributed by atoms with E-state index in [1.807, 2.05) is 0 Å². The Morgan fingerprint density at radius 3 is 0.821 bits per heavy atom. The molecule has 0 aromatic rings. The maximum atomic E-state index is 11.4. The zero-order chi connectivity index (χ0) is 49.3. The van der Waals surface area contributed by atoms with Gasteiger partial charge in [0.2, 0.25) is 0 Å². The average Bonchev–Trinajstić information content (AvgIpc) is 3.32. The zero-order valence-electron chi connectivity index (χ0n) is 35.0. The normalized spacial score (nSPS) is 53.4. The van der Waals surface area contributed by atoms with Crippen LogP contribution in [0.3, 0.4) is 0 Å². The molecular weight excluding hydrogens is 928 g/mol. The first-order valence-electron chi connectivity index (χ1n) is 21.1. The Bertz CT molecular complexity index is 1500. The molecule has 31 heteroatoms. The van der Waals surface area contributed by atoms with Gasteiger partial charge in [-0.25, -0.2) is 0 Å². The van der Waals surface area contributed by atoms with E-state index in [0.29, 0.717) is 0 Å². The fourth-order valence-corrected chi connectivity index (χ4v) is 8.51. The van der Waals surface area contributed by atoms with Crippen molar-refractivity contribution < 1.29 is 154 Å². The van der Waals surface area contributed by atoms with E-state index >= 15 is 0 Å². The number of rotatable bonds is 16. The molecule has 0 radical (unpaired) electrons. The molecule has 0 aromatic carbocycles. The highest BCUT2D eigenvalue weighted by Gasteiger charge is 2.57. The van der Waals surface area contributed by atoms with Crippen LogP contribution in [0.4, 0.5) is 0 Å². The van der Waals surface area contributed by atoms with Crippen LogP contribution in [0.1, 0.15) is 0 Å². The molecule has 6 aliphatic rings. The summed E-state index contributed by atoms with van der Waals surface area (Å²) in [4.78, 5) is 0. The molecule has 0 amide bonds. The Balaban J connectivity index is 1.10. The van der Waals surface area contributed by atoms with Crippen molar-refractivity contribution in [1.82, 2.24) is 0 Å². The summed E-state index contributed by atoms with van der Waals surface area (Å²) in [5.74, 6) is 0. The van der Waals surface area contributed by atoms with Crippen LogP contribution in [-0.2, 0) is 52.1 Å². The van der Waals surface area contributed by atoms with E-state index in [1.165, 1.54) is 0 Å². The standard InChI is InChI=1S/C36H62O31/c37-1-7-13(43)16(46)20(50)32(58-7)63-26-10(4-40)62-35(23(53)19(26)49)67-30-15(45)9(3-39)59-36(25(30)55)65-28-12(6-42)60-33(21(51)17(28)47)64-27-11(5-41)61-34(22(52)18(27)48)66-29-14(44)8(2-38)57-31(56)24(29)54/h7-56H,1-6H2/t7-,8-,9-,10-,11-,12-,13-,14-,15-,16+,17-,18-,19-,20-,21-,22-,23-,24+,25-,26-,27-,28-,29+,30+,31?,32+,33+,34+,35+,36+/m1/s1. The summed E-state index contributed by atoms with van der Waals surface area (Å²) in [5, 5.41) is 210. The first-order chi connectivity index (χ1) is 31.8. The van der Waals surface area contributed by atoms with Crippen LogP contribution in [0.15, 0.2) is 0 Å². The lowest BCUT2D eigenvalue weighted by atomic mass is 9.95. The second-order valence-electron chi connectivity index (χ2n) is 16.8. The van der Waals surface area contributed by atoms with Gasteiger partial charge in [0.05, 0.1) is 39.6 Å². The number of hydrogen-bond donors (Lipinski definition) is 20. The van der Waals surface area contributed by atoms with Gasteiger partial charge in [-0.05, 0) is 0 Å². The molecule has 31 nitrogen and oxygen atoms in total. The highest BCUT2D eigenvalue weighted by Crippen LogP contribution is 2.36. The van der Waals surface area contributed by atoms with Crippen molar-refractivity contribution in [1.29, 1.82) is 0 Å². The second kappa shape index (κ2) is 23.5. The number of aliphatic hydroxyl groups is 20. The van der Waals surface area contributed by atoms with Gasteiger partial charge in [0.1, 0.15) is 146 Å². The monoisotopic (exact) mass is 990 g/mol. The molecule has 30 atom stereocenters. The van der Waals surface area contributed by atoms with Crippen molar-refractivity contribution in [3.05, 3.63) is 0 Å². The predicted octanol–water partition coefficient (Wildman–Crippen LogP) is -14.1. The highest BCUT2D eigenvalue weighted by molar-refractivity contribution is 5.00. The van der Waals surface area contributed by atoms with Gasteiger partial charge in [0.15, 0.2) is 37.7 Å². The smallest absolute Gasteiger partial charge is 0.187 e. The minimum atomic E-state index is -2.19. The quantitative estimate of drug-likeness (QED) is 0.0683. The van der Waals surface area contributed by atoms with Crippen molar-refractivity contribution in [2.24, 2.45) is 0 Å². The molecule has 6 fully saturated rings. The van der Waals surface area contributed by atoms with E-state index in [4.69, 9.17) is 52.1 Å². The topological polar surface area (TPSA) is 506 Å². The molecule has 0 bridgehead atoms. The van der Waals surface area contributed by atoms with Gasteiger partial charge >= 0.3 is 0 Å². The molecule has 6 saturated heterocycles. The largest absolute Gasteiger partial charge is 0.394 e. The van der Waals surface area contributed by atoms with E-state index < -0.39 is 224 Å². The van der Waals surface area contributed by atoms with Crippen LogP contribution in [0.5, 0.6) is 0 Å². The molecule has 0 aromatic heterocycles. The van der Waals surface area contributed by atoms with E-state index in [9.17, 15) is 102 Å². The summed E-state index contributed by atoms with van der Waals surface area (Å²) in [6, 6.07) is 0. The lowest BCUT2D eigenvalue weighted by Crippen LogP contribution is -2.68. The fourth-order valence-electron chi connectivity index (χ4n) is 8.51. The van der Waals surface area contributed by atoms with Crippen molar-refractivity contribution in [3.8, 4) is 0 Å². The second-order valence-corrected chi connectivity index (χ2v) is 16.8. The van der Waals surface area contributed by atoms with E-state index in [1.54, 1.807) is 0 Å². The van der Waals surface area contributed by atoms with Gasteiger partial charge < -0.3 is 154 Å². The third-order valence-corrected chi connectivity index (χ3v) is 12.4. The van der Waals surface area contributed by atoms with Gasteiger partial charge in [-0.3, -0.25) is 0 Å². The van der Waals surface area contributed by atoms with Crippen molar-refractivity contribution in [3.63, 3.8) is 0 Å². The zero-order valence-corrected chi connectivity index (χ0v) is 35.0. The van der Waals surface area contributed by atoms with Crippen LogP contribution in [0, 0.1) is 0 Å². The number of ether oxygens (including phenoxy) is 11. The summed E-state index contributed by atoms with van der Waals surface area (Å²) in [5.41, 5.74) is 0. The van der Waals surface area contributed by atoms with Gasteiger partial charge in [-0.1, -0.05) is 0 Å². The number of aliphatic hydroxyl groups excluding tert-OH is 20. The summed E-state index contributed by atoms with van der Waals surface area (Å²) < 4.78 is 60.3. The molecular formula is C36H62O31. The lowest BCUT2D eigenvalue weighted by molar-refractivity contribution is -0.396. The summed E-state index contributed by atoms with van der Waals surface area (Å²) >= 11 is 0. The van der Waals surface area contributed by atoms with Crippen LogP contribution in [-0.4, -0.2) is 326 Å². The minimum absolute atomic E-state index is 0.832. The SMILES string of the molecule is OC[C@H]1O[C@@H](O[C@H]2[C@H](O)[C@@H](O)[C@H](O[C@@H]3[C@@H](O)[C@H](O[C@H]4[C@H](O)[C@@H](O)[C@H](O[C@H]5[C@H](O)[C@@H](O)[C@H](O[C@H]6[C@H](O)[C@@H](CO)OC(O)[C@H]6O)O[C@@H]5CO)O[C@@H]4CO)O[C@H](CO)[C@H]3O)O[C@@H]2CO)[C@H](O)[C@@H](O)[C@@H]1O. The Labute approximate surface area is 378 Å². The first kappa shape index (κ1) is 55.1. The Morgan fingerprint density at radius 1 is 0.224 bits per heavy atom. The fraction of sp³-hybridized carbons (Fsp3) is 1.00. The molecule has 0 spiro atoms.